The molecule has 0 atom stereocenters. The topological polar surface area (TPSA) is 94.4 Å². The van der Waals surface area contributed by atoms with Crippen LogP contribution in [0.2, 0.25) is 5.15 Å². The van der Waals surface area contributed by atoms with Gasteiger partial charge in [-0.25, -0.2) is 4.98 Å². The maximum atomic E-state index is 11.8. The minimum Gasteiger partial charge on any atom is -0.379 e. The van der Waals surface area contributed by atoms with E-state index < -0.39 is 16.5 Å². The lowest BCUT2D eigenvalue weighted by atomic mass is 10.2. The molecule has 7 nitrogen and oxygen atoms in total. The van der Waals surface area contributed by atoms with Crippen molar-refractivity contribution >= 4 is 23.2 Å². The quantitative estimate of drug-likeness (QED) is 0.260. The molecule has 0 aliphatic carbocycles. The largest absolute Gasteiger partial charge is 0.379 e. The van der Waals surface area contributed by atoms with E-state index in [0.717, 1.165) is 6.42 Å². The number of ether oxygens (including phenoxy) is 1. The molecule has 0 saturated carbocycles. The number of aromatic nitrogens is 1. The molecule has 0 aromatic carbocycles. The van der Waals surface area contributed by atoms with Crippen molar-refractivity contribution in [3.63, 3.8) is 0 Å². The minimum absolute atomic E-state index is 0.124. The van der Waals surface area contributed by atoms with E-state index in [1.807, 2.05) is 0 Å². The summed E-state index contributed by atoms with van der Waals surface area (Å²) in [4.78, 5) is 25.6. The normalized spacial score (nSPS) is 10.1. The van der Waals surface area contributed by atoms with Gasteiger partial charge in [0.15, 0.2) is 0 Å². The summed E-state index contributed by atoms with van der Waals surface area (Å²) in [6.45, 7) is 4.62. The molecule has 1 aromatic heterocycles. The molecule has 1 amide bonds. The van der Waals surface area contributed by atoms with Crippen LogP contribution in [0.4, 0.5) is 5.69 Å². The molecule has 1 heterocycles. The van der Waals surface area contributed by atoms with Crippen molar-refractivity contribution in [2.75, 3.05) is 19.8 Å². The first-order chi connectivity index (χ1) is 9.57. The fourth-order valence-corrected chi connectivity index (χ4v) is 1.61. The van der Waals surface area contributed by atoms with Crippen LogP contribution in [0.1, 0.15) is 16.8 Å². The van der Waals surface area contributed by atoms with E-state index in [2.05, 4.69) is 16.9 Å². The Morgan fingerprint density at radius 1 is 1.60 bits per heavy atom. The third-order valence-electron chi connectivity index (χ3n) is 2.31. The molecular weight excluding hydrogens is 286 g/mol. The lowest BCUT2D eigenvalue weighted by Gasteiger charge is -2.06. The number of rotatable bonds is 8. The fourth-order valence-electron chi connectivity index (χ4n) is 1.39. The van der Waals surface area contributed by atoms with Crippen LogP contribution >= 0.6 is 11.6 Å². The average molecular weight is 300 g/mol. The Kier molecular flexibility index (Phi) is 6.61. The molecule has 0 aliphatic heterocycles. The number of carbonyl (C=O) groups is 1. The zero-order chi connectivity index (χ0) is 15.0. The summed E-state index contributed by atoms with van der Waals surface area (Å²) in [6, 6.07) is 1.25. The summed E-state index contributed by atoms with van der Waals surface area (Å²) in [5, 5.41) is 13.1. The number of amides is 1. The van der Waals surface area contributed by atoms with Crippen LogP contribution in [-0.4, -0.2) is 35.6 Å². The van der Waals surface area contributed by atoms with Gasteiger partial charge in [-0.1, -0.05) is 17.7 Å². The lowest BCUT2D eigenvalue weighted by Crippen LogP contribution is -2.28. The van der Waals surface area contributed by atoms with Gasteiger partial charge in [-0.2, -0.15) is 0 Å². The fraction of sp³-hybridized carbons (Fsp3) is 0.333. The van der Waals surface area contributed by atoms with Crippen molar-refractivity contribution in [2.45, 2.75) is 6.42 Å². The van der Waals surface area contributed by atoms with Crippen LogP contribution in [0.3, 0.4) is 0 Å². The van der Waals surface area contributed by atoms with Crippen molar-refractivity contribution in [2.24, 2.45) is 0 Å². The predicted octanol–water partition coefficient (Wildman–Crippen LogP) is 1.97. The van der Waals surface area contributed by atoms with Crippen molar-refractivity contribution < 1.29 is 14.5 Å². The molecule has 1 aromatic rings. The number of nitro groups is 1. The maximum Gasteiger partial charge on any atom is 0.319 e. The van der Waals surface area contributed by atoms with Crippen molar-refractivity contribution in [3.05, 3.63) is 45.7 Å². The maximum absolute atomic E-state index is 11.8. The Labute approximate surface area is 120 Å². The van der Waals surface area contributed by atoms with E-state index in [1.54, 1.807) is 6.08 Å². The monoisotopic (exact) mass is 299 g/mol. The van der Waals surface area contributed by atoms with Gasteiger partial charge in [0.2, 0.25) is 5.15 Å². The van der Waals surface area contributed by atoms with Crippen LogP contribution in [0, 0.1) is 10.1 Å². The second-order valence-corrected chi connectivity index (χ2v) is 4.06. The third-order valence-corrected chi connectivity index (χ3v) is 2.58. The van der Waals surface area contributed by atoms with Gasteiger partial charge in [0.05, 0.1) is 18.1 Å². The molecule has 0 radical (unpaired) electrons. The minimum atomic E-state index is -0.731. The van der Waals surface area contributed by atoms with Crippen LogP contribution < -0.4 is 5.32 Å². The molecule has 0 unspecified atom stereocenters. The van der Waals surface area contributed by atoms with Gasteiger partial charge in [-0.05, 0) is 12.5 Å². The van der Waals surface area contributed by atoms with Gasteiger partial charge in [-0.3, -0.25) is 14.9 Å². The van der Waals surface area contributed by atoms with E-state index in [-0.39, 0.29) is 17.3 Å². The van der Waals surface area contributed by atoms with Gasteiger partial charge in [0.25, 0.3) is 5.91 Å². The molecule has 0 fully saturated rings. The summed E-state index contributed by atoms with van der Waals surface area (Å²) in [7, 11) is 0. The number of nitrogens with zero attached hydrogens (tertiary/aromatic N) is 2. The zero-order valence-corrected chi connectivity index (χ0v) is 11.4. The second kappa shape index (κ2) is 8.23. The zero-order valence-electron chi connectivity index (χ0n) is 10.7. The van der Waals surface area contributed by atoms with Gasteiger partial charge in [0.1, 0.15) is 5.56 Å². The molecule has 8 heteroatoms. The number of halogens is 1. The van der Waals surface area contributed by atoms with Gasteiger partial charge < -0.3 is 10.1 Å². The number of nitrogens with one attached hydrogen (secondary N) is 1. The van der Waals surface area contributed by atoms with E-state index >= 15 is 0 Å². The molecule has 0 aliphatic rings. The number of pyridine rings is 1. The first kappa shape index (κ1) is 16.1. The molecule has 20 heavy (non-hydrogen) atoms. The Morgan fingerprint density at radius 2 is 2.35 bits per heavy atom. The molecule has 0 saturated heterocycles. The van der Waals surface area contributed by atoms with E-state index in [1.165, 1.54) is 12.3 Å². The summed E-state index contributed by atoms with van der Waals surface area (Å²) < 4.78 is 5.20. The van der Waals surface area contributed by atoms with Crippen molar-refractivity contribution in [1.82, 2.24) is 10.3 Å². The van der Waals surface area contributed by atoms with Crippen LogP contribution in [0.25, 0.3) is 0 Å². The van der Waals surface area contributed by atoms with Crippen molar-refractivity contribution in [3.8, 4) is 0 Å². The summed E-state index contributed by atoms with van der Waals surface area (Å²) >= 11 is 5.62. The predicted molar refractivity (Wildman–Crippen MR) is 73.9 cm³/mol. The lowest BCUT2D eigenvalue weighted by molar-refractivity contribution is -0.385. The molecule has 1 N–H and O–H groups in total. The number of hydrogen-bond donors (Lipinski definition) is 1. The third kappa shape index (κ3) is 4.60. The SMILES string of the molecule is C=CCCOCCNC(=O)c1ccnc(Cl)c1[N+](=O)[O-]. The highest BCUT2D eigenvalue weighted by Crippen LogP contribution is 2.25. The van der Waals surface area contributed by atoms with Gasteiger partial charge in [-0.15, -0.1) is 6.58 Å². The van der Waals surface area contributed by atoms with Gasteiger partial charge in [0, 0.05) is 12.7 Å². The van der Waals surface area contributed by atoms with Crippen LogP contribution in [0.5, 0.6) is 0 Å². The standard InChI is InChI=1S/C12H14ClN3O4/c1-2-3-7-20-8-6-15-12(17)9-4-5-14-11(13)10(9)16(18)19/h2,4-5H,1,3,6-8H2,(H,15,17). The average Bonchev–Trinajstić information content (AvgIpc) is 2.41. The van der Waals surface area contributed by atoms with E-state index in [9.17, 15) is 14.9 Å². The number of carbonyl (C=O) groups excluding carboxylic acids is 1. The highest BCUT2D eigenvalue weighted by molar-refractivity contribution is 6.32. The summed E-state index contributed by atoms with van der Waals surface area (Å²) in [5.41, 5.74) is -0.625. The Bertz CT molecular complexity index is 507. The Balaban J connectivity index is 2.58. The van der Waals surface area contributed by atoms with E-state index in [0.29, 0.717) is 13.2 Å². The molecule has 0 bridgehead atoms. The van der Waals surface area contributed by atoms with Crippen LogP contribution in [-0.2, 0) is 4.74 Å². The smallest absolute Gasteiger partial charge is 0.319 e. The van der Waals surface area contributed by atoms with E-state index in [4.69, 9.17) is 16.3 Å². The molecule has 0 spiro atoms. The Morgan fingerprint density at radius 3 is 3.00 bits per heavy atom. The van der Waals surface area contributed by atoms with Crippen molar-refractivity contribution in [1.29, 1.82) is 0 Å². The highest BCUT2D eigenvalue weighted by atomic mass is 35.5. The molecule has 108 valence electrons. The Hall–Kier alpha value is -1.99. The van der Waals surface area contributed by atoms with Gasteiger partial charge >= 0.3 is 5.69 Å². The number of hydrogen-bond acceptors (Lipinski definition) is 5. The first-order valence-corrected chi connectivity index (χ1v) is 6.21. The molecule has 1 rings (SSSR count). The second-order valence-electron chi connectivity index (χ2n) is 3.70. The first-order valence-electron chi connectivity index (χ1n) is 5.83. The molecular formula is C12H14ClN3O4. The summed E-state index contributed by atoms with van der Waals surface area (Å²) in [6.07, 6.45) is 3.69. The van der Waals surface area contributed by atoms with Crippen LogP contribution in [0.15, 0.2) is 24.9 Å². The highest BCUT2D eigenvalue weighted by Gasteiger charge is 2.24. The summed E-state index contributed by atoms with van der Waals surface area (Å²) in [5.74, 6) is -0.590.